The quantitative estimate of drug-likeness (QED) is 0.172. The average molecular weight is 715 g/mol. The molecular weight excluding hydrogens is 681 g/mol. The Kier molecular flexibility index (Phi) is 7.39. The van der Waals surface area contributed by atoms with Crippen molar-refractivity contribution >= 4 is 21.9 Å². The van der Waals surface area contributed by atoms with E-state index >= 15 is 0 Å². The number of nitrogens with zero attached hydrogens (tertiary/aromatic N) is 2. The molecule has 2 heterocycles. The molecule has 0 unspecified atom stereocenters. The van der Waals surface area contributed by atoms with Gasteiger partial charge in [-0.25, -0.2) is 9.97 Å². The molecule has 262 valence electrons. The fourth-order valence-corrected chi connectivity index (χ4v) is 8.80. The van der Waals surface area contributed by atoms with Gasteiger partial charge in [-0.1, -0.05) is 170 Å². The molecule has 11 rings (SSSR count). The Hall–Kier alpha value is -7.36. The molecule has 1 aliphatic carbocycles. The van der Waals surface area contributed by atoms with Crippen molar-refractivity contribution in [2.24, 2.45) is 0 Å². The summed E-state index contributed by atoms with van der Waals surface area (Å²) in [5.74, 6) is 0.690. The number of hydrogen-bond acceptors (Lipinski definition) is 3. The third kappa shape index (κ3) is 5.05. The Labute approximate surface area is 325 Å². The van der Waals surface area contributed by atoms with E-state index in [1.54, 1.807) is 0 Å². The van der Waals surface area contributed by atoms with Crippen LogP contribution in [-0.2, 0) is 5.41 Å². The van der Waals surface area contributed by atoms with E-state index in [-0.39, 0.29) is 0 Å². The van der Waals surface area contributed by atoms with E-state index in [2.05, 4.69) is 170 Å². The number of furan rings is 1. The van der Waals surface area contributed by atoms with Gasteiger partial charge in [0.05, 0.1) is 16.8 Å². The van der Waals surface area contributed by atoms with Crippen LogP contribution in [0.2, 0.25) is 0 Å². The second-order valence-electron chi connectivity index (χ2n) is 14.5. The summed E-state index contributed by atoms with van der Waals surface area (Å²) in [5.41, 5.74) is 16.1. The van der Waals surface area contributed by atoms with Gasteiger partial charge < -0.3 is 4.42 Å². The average Bonchev–Trinajstić information content (AvgIpc) is 3.80. The lowest BCUT2D eigenvalue weighted by atomic mass is 9.67. The van der Waals surface area contributed by atoms with Gasteiger partial charge >= 0.3 is 0 Å². The molecule has 10 aromatic rings. The normalized spacial score (nSPS) is 12.8. The van der Waals surface area contributed by atoms with Crippen molar-refractivity contribution in [3.05, 3.63) is 229 Å². The topological polar surface area (TPSA) is 38.9 Å². The predicted octanol–water partition coefficient (Wildman–Crippen LogP) is 13.4. The van der Waals surface area contributed by atoms with Gasteiger partial charge in [0.1, 0.15) is 11.2 Å². The number of hydrogen-bond donors (Lipinski definition) is 0. The standard InChI is InChI=1S/C53H34N2O/c1-4-14-37(15-5-1)52-54-48(34-49(55-52)39-29-31-51-45(32-39)44-21-11-13-23-50(44)56-51)36-26-24-35(25-27-36)38-28-30-43-42-20-10-12-22-46(42)53(47(43)33-38,40-16-6-2-7-17-40)41-18-8-3-9-19-41/h1-34H. The number of aromatic nitrogens is 2. The van der Waals surface area contributed by atoms with E-state index in [1.807, 2.05) is 36.4 Å². The molecule has 0 amide bonds. The Bertz CT molecular complexity index is 3020. The van der Waals surface area contributed by atoms with Crippen LogP contribution < -0.4 is 0 Å². The highest BCUT2D eigenvalue weighted by molar-refractivity contribution is 6.06. The first-order valence-corrected chi connectivity index (χ1v) is 19.1. The maximum atomic E-state index is 6.14. The number of benzene rings is 8. The Morgan fingerprint density at radius 2 is 0.893 bits per heavy atom. The molecule has 8 aromatic carbocycles. The molecule has 3 heteroatoms. The number of para-hydroxylation sites is 1. The minimum absolute atomic E-state index is 0.443. The first kappa shape index (κ1) is 32.1. The Balaban J connectivity index is 1.03. The molecule has 0 saturated heterocycles. The minimum Gasteiger partial charge on any atom is -0.456 e. The summed E-state index contributed by atoms with van der Waals surface area (Å²) in [6.07, 6.45) is 0. The molecule has 0 bridgehead atoms. The molecule has 56 heavy (non-hydrogen) atoms. The maximum Gasteiger partial charge on any atom is 0.160 e. The zero-order valence-electron chi connectivity index (χ0n) is 30.4. The summed E-state index contributed by atoms with van der Waals surface area (Å²) in [7, 11) is 0. The lowest BCUT2D eigenvalue weighted by Gasteiger charge is -2.34. The van der Waals surface area contributed by atoms with E-state index in [0.29, 0.717) is 5.82 Å². The highest BCUT2D eigenvalue weighted by atomic mass is 16.3. The van der Waals surface area contributed by atoms with Crippen LogP contribution in [0.3, 0.4) is 0 Å². The monoisotopic (exact) mass is 714 g/mol. The third-order valence-electron chi connectivity index (χ3n) is 11.4. The largest absolute Gasteiger partial charge is 0.456 e. The minimum atomic E-state index is -0.443. The lowest BCUT2D eigenvalue weighted by Crippen LogP contribution is -2.28. The first-order chi connectivity index (χ1) is 27.7. The summed E-state index contributed by atoms with van der Waals surface area (Å²) in [6, 6.07) is 73.4. The van der Waals surface area contributed by atoms with Crippen LogP contribution in [0.5, 0.6) is 0 Å². The highest BCUT2D eigenvalue weighted by Crippen LogP contribution is 2.56. The van der Waals surface area contributed by atoms with Crippen molar-refractivity contribution < 1.29 is 4.42 Å². The summed E-state index contributed by atoms with van der Waals surface area (Å²) in [6.45, 7) is 0. The van der Waals surface area contributed by atoms with Gasteiger partial charge in [-0.2, -0.15) is 0 Å². The van der Waals surface area contributed by atoms with Crippen molar-refractivity contribution in [1.82, 2.24) is 9.97 Å². The zero-order valence-corrected chi connectivity index (χ0v) is 30.4. The molecule has 0 N–H and O–H groups in total. The van der Waals surface area contributed by atoms with Crippen LogP contribution in [0.15, 0.2) is 211 Å². The van der Waals surface area contributed by atoms with Gasteiger partial charge in [0.15, 0.2) is 5.82 Å². The van der Waals surface area contributed by atoms with Crippen molar-refractivity contribution in [2.45, 2.75) is 5.41 Å². The number of rotatable bonds is 6. The molecule has 0 atom stereocenters. The van der Waals surface area contributed by atoms with E-state index < -0.39 is 5.41 Å². The lowest BCUT2D eigenvalue weighted by molar-refractivity contribution is 0.669. The van der Waals surface area contributed by atoms with Gasteiger partial charge in [-0.15, -0.1) is 0 Å². The van der Waals surface area contributed by atoms with Gasteiger partial charge in [-0.3, -0.25) is 0 Å². The van der Waals surface area contributed by atoms with Crippen LogP contribution in [0.4, 0.5) is 0 Å². The molecule has 1 aliphatic rings. The van der Waals surface area contributed by atoms with Crippen LogP contribution in [0.25, 0.3) is 78.1 Å². The van der Waals surface area contributed by atoms with Crippen LogP contribution in [0.1, 0.15) is 22.3 Å². The molecule has 0 radical (unpaired) electrons. The molecule has 2 aromatic heterocycles. The summed E-state index contributed by atoms with van der Waals surface area (Å²) in [5, 5.41) is 2.17. The first-order valence-electron chi connectivity index (χ1n) is 19.1. The van der Waals surface area contributed by atoms with Gasteiger partial charge in [0, 0.05) is 27.5 Å². The van der Waals surface area contributed by atoms with Crippen molar-refractivity contribution in [2.75, 3.05) is 0 Å². The molecule has 3 nitrogen and oxygen atoms in total. The van der Waals surface area contributed by atoms with E-state index in [1.165, 1.54) is 38.9 Å². The smallest absolute Gasteiger partial charge is 0.160 e. The van der Waals surface area contributed by atoms with Crippen LogP contribution in [0, 0.1) is 0 Å². The van der Waals surface area contributed by atoms with Gasteiger partial charge in [0.2, 0.25) is 0 Å². The summed E-state index contributed by atoms with van der Waals surface area (Å²) >= 11 is 0. The molecular formula is C53H34N2O. The molecule has 0 fully saturated rings. The maximum absolute atomic E-state index is 6.14. The molecule has 0 aliphatic heterocycles. The van der Waals surface area contributed by atoms with E-state index in [9.17, 15) is 0 Å². The summed E-state index contributed by atoms with van der Waals surface area (Å²) < 4.78 is 6.14. The Morgan fingerprint density at radius 1 is 0.339 bits per heavy atom. The van der Waals surface area contributed by atoms with Crippen LogP contribution in [-0.4, -0.2) is 9.97 Å². The second kappa shape index (κ2) is 12.9. The van der Waals surface area contributed by atoms with Gasteiger partial charge in [0.25, 0.3) is 0 Å². The van der Waals surface area contributed by atoms with E-state index in [4.69, 9.17) is 14.4 Å². The van der Waals surface area contributed by atoms with Crippen molar-refractivity contribution in [3.63, 3.8) is 0 Å². The number of fused-ring (bicyclic) bond motifs is 6. The highest BCUT2D eigenvalue weighted by Gasteiger charge is 2.46. The predicted molar refractivity (Wildman–Crippen MR) is 228 cm³/mol. The fourth-order valence-electron chi connectivity index (χ4n) is 8.80. The van der Waals surface area contributed by atoms with E-state index in [0.717, 1.165) is 55.6 Å². The SMILES string of the molecule is c1ccc(-c2nc(-c3ccc(-c4ccc5c(c4)C(c4ccccc4)(c4ccccc4)c4ccccc4-5)cc3)cc(-c3ccc4oc5ccccc5c4c3)n2)cc1. The second-order valence-corrected chi connectivity index (χ2v) is 14.5. The molecule has 0 spiro atoms. The third-order valence-corrected chi connectivity index (χ3v) is 11.4. The zero-order chi connectivity index (χ0) is 37.1. The van der Waals surface area contributed by atoms with Crippen LogP contribution >= 0.6 is 0 Å². The Morgan fingerprint density at radius 3 is 1.64 bits per heavy atom. The van der Waals surface area contributed by atoms with Crippen molar-refractivity contribution in [3.8, 4) is 56.2 Å². The molecule has 0 saturated carbocycles. The fraction of sp³-hybridized carbons (Fsp3) is 0.0189. The van der Waals surface area contributed by atoms with Gasteiger partial charge in [-0.05, 0) is 80.9 Å². The summed E-state index contributed by atoms with van der Waals surface area (Å²) in [4.78, 5) is 10.2. The van der Waals surface area contributed by atoms with Crippen molar-refractivity contribution in [1.29, 1.82) is 0 Å².